The fourth-order valence-corrected chi connectivity index (χ4v) is 3.74. The Morgan fingerprint density at radius 1 is 0.931 bits per heavy atom. The summed E-state index contributed by atoms with van der Waals surface area (Å²) < 4.78 is 7.30. The van der Waals surface area contributed by atoms with Crippen molar-refractivity contribution in [3.05, 3.63) is 83.9 Å². The summed E-state index contributed by atoms with van der Waals surface area (Å²) in [6.07, 6.45) is 0. The molecule has 0 aliphatic heterocycles. The molecule has 0 spiro atoms. The second-order valence-electron chi connectivity index (χ2n) is 6.91. The normalized spacial score (nSPS) is 11.3. The van der Waals surface area contributed by atoms with Crippen molar-refractivity contribution < 1.29 is 9.53 Å². The van der Waals surface area contributed by atoms with Crippen molar-refractivity contribution in [2.24, 2.45) is 0 Å². The second-order valence-corrected chi connectivity index (χ2v) is 6.91. The van der Waals surface area contributed by atoms with Gasteiger partial charge >= 0.3 is 5.97 Å². The van der Waals surface area contributed by atoms with Crippen LogP contribution in [-0.4, -0.2) is 27.1 Å². The number of esters is 1. The van der Waals surface area contributed by atoms with Gasteiger partial charge in [0.15, 0.2) is 5.65 Å². The maximum Gasteiger partial charge on any atom is 0.338 e. The highest BCUT2D eigenvalue weighted by Gasteiger charge is 2.15. The predicted octanol–water partition coefficient (Wildman–Crippen LogP) is 4.96. The Labute approximate surface area is 167 Å². The number of aromatic nitrogens is 3. The summed E-state index contributed by atoms with van der Waals surface area (Å²) in [6.45, 7) is 2.76. The summed E-state index contributed by atoms with van der Waals surface area (Å²) in [5, 5.41) is 1.07. The number of benzene rings is 3. The highest BCUT2D eigenvalue weighted by atomic mass is 16.5. The third-order valence-corrected chi connectivity index (χ3v) is 5.04. The largest absolute Gasteiger partial charge is 0.462 e. The van der Waals surface area contributed by atoms with E-state index < -0.39 is 0 Å². The van der Waals surface area contributed by atoms with Gasteiger partial charge in [0.1, 0.15) is 5.52 Å². The standard InChI is InChI=1S/C24H19N3O2/c1-2-29-24(28)17-9-7-8-16(14-17)15-27-21-13-6-3-10-18(21)22-23(27)26-20-12-5-4-11-19(20)25-22/h3-14H,2,15H2,1H3. The number of para-hydroxylation sites is 3. The molecule has 0 fully saturated rings. The lowest BCUT2D eigenvalue weighted by Crippen LogP contribution is -2.06. The van der Waals surface area contributed by atoms with E-state index in [1.165, 1.54) is 0 Å². The van der Waals surface area contributed by atoms with Gasteiger partial charge in [0, 0.05) is 11.9 Å². The van der Waals surface area contributed by atoms with Gasteiger partial charge in [-0.1, -0.05) is 42.5 Å². The quantitative estimate of drug-likeness (QED) is 0.413. The Hall–Kier alpha value is -3.73. The summed E-state index contributed by atoms with van der Waals surface area (Å²) in [5.74, 6) is -0.303. The van der Waals surface area contributed by atoms with Crippen molar-refractivity contribution in [2.75, 3.05) is 6.61 Å². The van der Waals surface area contributed by atoms with Crippen LogP contribution in [0.5, 0.6) is 0 Å². The average Bonchev–Trinajstić information content (AvgIpc) is 3.05. The van der Waals surface area contributed by atoms with Gasteiger partial charge in [0.05, 0.1) is 28.7 Å². The molecule has 2 aromatic heterocycles. The maximum atomic E-state index is 12.1. The van der Waals surface area contributed by atoms with Crippen LogP contribution in [0.4, 0.5) is 0 Å². The monoisotopic (exact) mass is 381 g/mol. The highest BCUT2D eigenvalue weighted by molar-refractivity contribution is 6.06. The van der Waals surface area contributed by atoms with Gasteiger partial charge in [-0.25, -0.2) is 14.8 Å². The van der Waals surface area contributed by atoms with Crippen molar-refractivity contribution in [2.45, 2.75) is 13.5 Å². The molecular formula is C24H19N3O2. The van der Waals surface area contributed by atoms with Crippen molar-refractivity contribution >= 4 is 39.1 Å². The van der Waals surface area contributed by atoms with Crippen LogP contribution < -0.4 is 0 Å². The third kappa shape index (κ3) is 3.01. The molecule has 0 aliphatic rings. The molecule has 0 bridgehead atoms. The molecular weight excluding hydrogens is 362 g/mol. The van der Waals surface area contributed by atoms with Crippen LogP contribution in [0.25, 0.3) is 33.1 Å². The van der Waals surface area contributed by atoms with E-state index in [9.17, 15) is 4.79 Å². The molecule has 0 saturated carbocycles. The molecule has 5 rings (SSSR count). The average molecular weight is 381 g/mol. The van der Waals surface area contributed by atoms with E-state index in [1.807, 2.05) is 61.5 Å². The van der Waals surface area contributed by atoms with Crippen molar-refractivity contribution in [3.63, 3.8) is 0 Å². The number of carbonyl (C=O) groups excluding carboxylic acids is 1. The zero-order valence-electron chi connectivity index (χ0n) is 16.0. The first-order chi connectivity index (χ1) is 14.2. The second kappa shape index (κ2) is 7.02. The number of nitrogens with zero attached hydrogens (tertiary/aromatic N) is 3. The van der Waals surface area contributed by atoms with Gasteiger partial charge in [-0.3, -0.25) is 0 Å². The van der Waals surface area contributed by atoms with Crippen LogP contribution in [0.15, 0.2) is 72.8 Å². The third-order valence-electron chi connectivity index (χ3n) is 5.04. The Morgan fingerprint density at radius 3 is 2.52 bits per heavy atom. The Bertz CT molecular complexity index is 1370. The molecule has 3 aromatic carbocycles. The van der Waals surface area contributed by atoms with E-state index in [-0.39, 0.29) is 5.97 Å². The minimum atomic E-state index is -0.303. The number of hydrogen-bond acceptors (Lipinski definition) is 4. The molecule has 0 atom stereocenters. The minimum absolute atomic E-state index is 0.303. The number of rotatable bonds is 4. The van der Waals surface area contributed by atoms with Crippen LogP contribution in [0, 0.1) is 0 Å². The van der Waals surface area contributed by atoms with E-state index >= 15 is 0 Å². The number of ether oxygens (including phenoxy) is 1. The molecule has 0 aliphatic carbocycles. The molecule has 5 aromatic rings. The lowest BCUT2D eigenvalue weighted by Gasteiger charge is -2.09. The van der Waals surface area contributed by atoms with Gasteiger partial charge in [-0.05, 0) is 42.8 Å². The van der Waals surface area contributed by atoms with Crippen LogP contribution in [0.2, 0.25) is 0 Å². The molecule has 0 N–H and O–H groups in total. The fourth-order valence-electron chi connectivity index (χ4n) is 3.74. The van der Waals surface area contributed by atoms with Gasteiger partial charge in [0.25, 0.3) is 0 Å². The summed E-state index contributed by atoms with van der Waals surface area (Å²) in [6, 6.07) is 23.7. The molecule has 5 nitrogen and oxygen atoms in total. The Kier molecular flexibility index (Phi) is 4.21. The van der Waals surface area contributed by atoms with E-state index in [0.29, 0.717) is 18.7 Å². The smallest absolute Gasteiger partial charge is 0.338 e. The lowest BCUT2D eigenvalue weighted by atomic mass is 10.1. The van der Waals surface area contributed by atoms with Gasteiger partial charge in [-0.15, -0.1) is 0 Å². The van der Waals surface area contributed by atoms with Crippen molar-refractivity contribution in [1.29, 1.82) is 0 Å². The molecule has 0 amide bonds. The van der Waals surface area contributed by atoms with E-state index in [1.54, 1.807) is 6.07 Å². The topological polar surface area (TPSA) is 57.0 Å². The van der Waals surface area contributed by atoms with Crippen molar-refractivity contribution in [1.82, 2.24) is 14.5 Å². The summed E-state index contributed by atoms with van der Waals surface area (Å²) in [4.78, 5) is 21.9. The molecule has 142 valence electrons. The molecule has 2 heterocycles. The SMILES string of the molecule is CCOC(=O)c1cccc(Cn2c3ccccc3c3nc4ccccc4nc32)c1. The predicted molar refractivity (Wildman–Crippen MR) is 114 cm³/mol. The molecule has 0 radical (unpaired) electrons. The van der Waals surface area contributed by atoms with Crippen molar-refractivity contribution in [3.8, 4) is 0 Å². The van der Waals surface area contributed by atoms with Gasteiger partial charge in [0.2, 0.25) is 0 Å². The van der Waals surface area contributed by atoms with Crippen LogP contribution in [-0.2, 0) is 11.3 Å². The number of fused-ring (bicyclic) bond motifs is 4. The first-order valence-corrected chi connectivity index (χ1v) is 9.64. The molecule has 0 unspecified atom stereocenters. The molecule has 5 heteroatoms. The molecule has 0 saturated heterocycles. The Balaban J connectivity index is 1.69. The van der Waals surface area contributed by atoms with Crippen LogP contribution >= 0.6 is 0 Å². The molecule has 29 heavy (non-hydrogen) atoms. The summed E-state index contributed by atoms with van der Waals surface area (Å²) in [5.41, 5.74) is 6.11. The highest BCUT2D eigenvalue weighted by Crippen LogP contribution is 2.29. The zero-order valence-corrected chi connectivity index (χ0v) is 16.0. The van der Waals surface area contributed by atoms with Gasteiger partial charge < -0.3 is 9.30 Å². The van der Waals surface area contributed by atoms with E-state index in [0.717, 1.165) is 38.7 Å². The van der Waals surface area contributed by atoms with Gasteiger partial charge in [-0.2, -0.15) is 0 Å². The van der Waals surface area contributed by atoms with Crippen LogP contribution in [0.3, 0.4) is 0 Å². The minimum Gasteiger partial charge on any atom is -0.462 e. The first kappa shape index (κ1) is 17.4. The zero-order chi connectivity index (χ0) is 19.8. The summed E-state index contributed by atoms with van der Waals surface area (Å²) in [7, 11) is 0. The number of hydrogen-bond donors (Lipinski definition) is 0. The lowest BCUT2D eigenvalue weighted by molar-refractivity contribution is 0.0526. The maximum absolute atomic E-state index is 12.1. The fraction of sp³-hybridized carbons (Fsp3) is 0.125. The first-order valence-electron chi connectivity index (χ1n) is 9.64. The Morgan fingerprint density at radius 2 is 1.69 bits per heavy atom. The van der Waals surface area contributed by atoms with E-state index in [4.69, 9.17) is 14.7 Å². The number of carbonyl (C=O) groups is 1. The van der Waals surface area contributed by atoms with E-state index in [2.05, 4.69) is 16.7 Å². The summed E-state index contributed by atoms with van der Waals surface area (Å²) >= 11 is 0. The van der Waals surface area contributed by atoms with Crippen LogP contribution in [0.1, 0.15) is 22.8 Å².